The molecule has 0 aliphatic rings. The van der Waals surface area contributed by atoms with Gasteiger partial charge in [-0.25, -0.2) is 0 Å². The first kappa shape index (κ1) is 13.7. The number of benzene rings is 1. The van der Waals surface area contributed by atoms with Crippen molar-refractivity contribution in [3.05, 3.63) is 33.3 Å². The highest BCUT2D eigenvalue weighted by atomic mass is 35.5. The first-order valence-corrected chi connectivity index (χ1v) is 5.54. The quantitative estimate of drug-likeness (QED) is 0.668. The van der Waals surface area contributed by atoms with Gasteiger partial charge in [0.15, 0.2) is 0 Å². The van der Waals surface area contributed by atoms with Gasteiger partial charge in [-0.2, -0.15) is 9.97 Å². The van der Waals surface area contributed by atoms with Crippen molar-refractivity contribution >= 4 is 23.2 Å². The molecule has 0 amide bonds. The van der Waals surface area contributed by atoms with Crippen LogP contribution in [0.15, 0.2) is 18.2 Å². The Bertz CT molecular complexity index is 666. The van der Waals surface area contributed by atoms with Crippen molar-refractivity contribution < 1.29 is 14.4 Å². The molecule has 0 fully saturated rings. The molecule has 0 radical (unpaired) electrons. The molecule has 0 spiro atoms. The molecule has 0 bridgehead atoms. The number of anilines is 1. The first-order valence-electron chi connectivity index (χ1n) is 5.17. The maximum absolute atomic E-state index is 10.6. The van der Waals surface area contributed by atoms with Crippen LogP contribution in [0.2, 0.25) is 5.02 Å². The third-order valence-corrected chi connectivity index (χ3v) is 2.42. The van der Waals surface area contributed by atoms with Crippen molar-refractivity contribution in [2.24, 2.45) is 0 Å². The molecular formula is C10H8ClN5O4. The number of hydrogen-bond donors (Lipinski definition) is 1. The molecule has 1 aromatic carbocycles. The molecule has 0 saturated heterocycles. The van der Waals surface area contributed by atoms with Gasteiger partial charge in [0.25, 0.3) is 5.69 Å². The van der Waals surface area contributed by atoms with Gasteiger partial charge in [0.1, 0.15) is 5.75 Å². The SMILES string of the molecule is COc1nc(N)nc(Oc2ccc([N+](=O)[O-])cc2Cl)n1. The third-order valence-electron chi connectivity index (χ3n) is 2.12. The lowest BCUT2D eigenvalue weighted by molar-refractivity contribution is -0.384. The van der Waals surface area contributed by atoms with Gasteiger partial charge in [-0.05, 0) is 6.07 Å². The summed E-state index contributed by atoms with van der Waals surface area (Å²) in [7, 11) is 1.36. The summed E-state index contributed by atoms with van der Waals surface area (Å²) in [6.45, 7) is 0. The lowest BCUT2D eigenvalue weighted by Crippen LogP contribution is -2.03. The Hall–Kier alpha value is -2.68. The topological polar surface area (TPSA) is 126 Å². The van der Waals surface area contributed by atoms with Crippen molar-refractivity contribution in [1.29, 1.82) is 0 Å². The molecule has 0 unspecified atom stereocenters. The van der Waals surface area contributed by atoms with Gasteiger partial charge in [0, 0.05) is 12.1 Å². The first-order chi connectivity index (χ1) is 9.49. The van der Waals surface area contributed by atoms with Crippen LogP contribution >= 0.6 is 11.6 Å². The Balaban J connectivity index is 2.30. The molecule has 20 heavy (non-hydrogen) atoms. The maximum Gasteiger partial charge on any atom is 0.330 e. The summed E-state index contributed by atoms with van der Waals surface area (Å²) in [5.74, 6) is 0.0507. The van der Waals surface area contributed by atoms with E-state index < -0.39 is 4.92 Å². The Morgan fingerprint density at radius 1 is 1.30 bits per heavy atom. The van der Waals surface area contributed by atoms with Crippen molar-refractivity contribution in [2.45, 2.75) is 0 Å². The van der Waals surface area contributed by atoms with E-state index in [9.17, 15) is 10.1 Å². The molecule has 1 aromatic heterocycles. The predicted molar refractivity (Wildman–Crippen MR) is 69.0 cm³/mol. The van der Waals surface area contributed by atoms with Gasteiger partial charge >= 0.3 is 12.0 Å². The van der Waals surface area contributed by atoms with E-state index in [1.807, 2.05) is 0 Å². The third kappa shape index (κ3) is 3.01. The number of methoxy groups -OCH3 is 1. The summed E-state index contributed by atoms with van der Waals surface area (Å²) >= 11 is 5.87. The number of rotatable bonds is 4. The summed E-state index contributed by atoms with van der Waals surface area (Å²) < 4.78 is 10.1. The monoisotopic (exact) mass is 297 g/mol. The number of hydrogen-bond acceptors (Lipinski definition) is 8. The average Bonchev–Trinajstić information content (AvgIpc) is 2.40. The van der Waals surface area contributed by atoms with Gasteiger partial charge in [-0.1, -0.05) is 11.6 Å². The van der Waals surface area contributed by atoms with Crippen molar-refractivity contribution in [3.63, 3.8) is 0 Å². The van der Waals surface area contributed by atoms with Gasteiger partial charge in [-0.3, -0.25) is 10.1 Å². The number of nitro benzene ring substituents is 1. The fraction of sp³-hybridized carbons (Fsp3) is 0.100. The highest BCUT2D eigenvalue weighted by molar-refractivity contribution is 6.32. The minimum atomic E-state index is -0.570. The minimum absolute atomic E-state index is 0.0227. The standard InChI is InChI=1S/C10H8ClN5O4/c1-19-9-13-8(12)14-10(15-9)20-7-3-2-5(16(17)18)4-6(7)11/h2-4H,1H3,(H2,12,13,14,15). The van der Waals surface area contributed by atoms with E-state index in [2.05, 4.69) is 15.0 Å². The molecule has 10 heteroatoms. The normalized spacial score (nSPS) is 10.1. The molecule has 2 rings (SSSR count). The molecule has 0 aliphatic carbocycles. The van der Waals surface area contributed by atoms with E-state index in [-0.39, 0.29) is 34.4 Å². The van der Waals surface area contributed by atoms with E-state index in [1.165, 1.54) is 19.2 Å². The molecule has 0 atom stereocenters. The van der Waals surface area contributed by atoms with Crippen LogP contribution in [0.4, 0.5) is 11.6 Å². The fourth-order valence-corrected chi connectivity index (χ4v) is 1.49. The molecule has 2 N–H and O–H groups in total. The van der Waals surface area contributed by atoms with Crippen LogP contribution in [0.25, 0.3) is 0 Å². The molecule has 1 heterocycles. The van der Waals surface area contributed by atoms with Gasteiger partial charge in [-0.15, -0.1) is 4.98 Å². The van der Waals surface area contributed by atoms with Crippen LogP contribution in [-0.4, -0.2) is 27.0 Å². The van der Waals surface area contributed by atoms with Gasteiger partial charge in [0.05, 0.1) is 17.1 Å². The molecule has 0 aliphatic heterocycles. The van der Waals surface area contributed by atoms with E-state index in [4.69, 9.17) is 26.8 Å². The Labute approximate surface area is 117 Å². The smallest absolute Gasteiger partial charge is 0.330 e. The van der Waals surface area contributed by atoms with Crippen LogP contribution in [0.5, 0.6) is 17.8 Å². The average molecular weight is 298 g/mol. The molecule has 2 aromatic rings. The number of non-ortho nitro benzene ring substituents is 1. The molecular weight excluding hydrogens is 290 g/mol. The number of aromatic nitrogens is 3. The lowest BCUT2D eigenvalue weighted by Gasteiger charge is -2.06. The van der Waals surface area contributed by atoms with E-state index in [0.29, 0.717) is 0 Å². The second-order valence-electron chi connectivity index (χ2n) is 3.44. The summed E-state index contributed by atoms with van der Waals surface area (Å²) in [6, 6.07) is 3.56. The van der Waals surface area contributed by atoms with Crippen LogP contribution in [-0.2, 0) is 0 Å². The Morgan fingerprint density at radius 3 is 2.60 bits per heavy atom. The number of nitrogens with zero attached hydrogens (tertiary/aromatic N) is 4. The predicted octanol–water partition coefficient (Wildman–Crippen LogP) is 1.82. The van der Waals surface area contributed by atoms with E-state index >= 15 is 0 Å². The summed E-state index contributed by atoms with van der Waals surface area (Å²) in [4.78, 5) is 21.2. The number of nitro groups is 1. The zero-order valence-corrected chi connectivity index (χ0v) is 10.9. The maximum atomic E-state index is 10.6. The summed E-state index contributed by atoms with van der Waals surface area (Å²) in [5, 5.41) is 10.6. The highest BCUT2D eigenvalue weighted by Crippen LogP contribution is 2.31. The molecule has 104 valence electrons. The number of nitrogen functional groups attached to an aromatic ring is 1. The summed E-state index contributed by atoms with van der Waals surface area (Å²) in [5.41, 5.74) is 5.29. The second kappa shape index (κ2) is 5.53. The van der Waals surface area contributed by atoms with Crippen LogP contribution in [0, 0.1) is 10.1 Å². The highest BCUT2D eigenvalue weighted by Gasteiger charge is 2.13. The summed E-state index contributed by atoms with van der Waals surface area (Å²) in [6.07, 6.45) is 0. The molecule has 0 saturated carbocycles. The Kier molecular flexibility index (Phi) is 3.80. The van der Waals surface area contributed by atoms with Crippen LogP contribution < -0.4 is 15.2 Å². The van der Waals surface area contributed by atoms with Crippen molar-refractivity contribution in [3.8, 4) is 17.8 Å². The van der Waals surface area contributed by atoms with Crippen LogP contribution in [0.1, 0.15) is 0 Å². The zero-order chi connectivity index (χ0) is 14.7. The van der Waals surface area contributed by atoms with Gasteiger partial charge in [0.2, 0.25) is 5.95 Å². The molecule has 9 nitrogen and oxygen atoms in total. The van der Waals surface area contributed by atoms with E-state index in [0.717, 1.165) is 6.07 Å². The number of ether oxygens (including phenoxy) is 2. The fourth-order valence-electron chi connectivity index (χ4n) is 1.27. The van der Waals surface area contributed by atoms with Gasteiger partial charge < -0.3 is 15.2 Å². The van der Waals surface area contributed by atoms with E-state index in [1.54, 1.807) is 0 Å². The number of halogens is 1. The number of nitrogens with two attached hydrogens (primary N) is 1. The Morgan fingerprint density at radius 2 is 2.00 bits per heavy atom. The second-order valence-corrected chi connectivity index (χ2v) is 3.84. The zero-order valence-electron chi connectivity index (χ0n) is 10.1. The van der Waals surface area contributed by atoms with Crippen LogP contribution in [0.3, 0.4) is 0 Å². The van der Waals surface area contributed by atoms with Crippen molar-refractivity contribution in [2.75, 3.05) is 12.8 Å². The minimum Gasteiger partial charge on any atom is -0.467 e. The largest absolute Gasteiger partial charge is 0.467 e. The lowest BCUT2D eigenvalue weighted by atomic mass is 10.3. The van der Waals surface area contributed by atoms with Crippen molar-refractivity contribution in [1.82, 2.24) is 15.0 Å².